The van der Waals surface area contributed by atoms with Crippen LogP contribution in [0.2, 0.25) is 0 Å². The van der Waals surface area contributed by atoms with Gasteiger partial charge in [0.05, 0.1) is 23.8 Å². The van der Waals surface area contributed by atoms with Gasteiger partial charge in [-0.1, -0.05) is 36.0 Å². The monoisotopic (exact) mass is 337 g/mol. The predicted octanol–water partition coefficient (Wildman–Crippen LogP) is 4.30. The molecule has 0 saturated carbocycles. The highest BCUT2D eigenvalue weighted by Crippen LogP contribution is 2.31. The van der Waals surface area contributed by atoms with E-state index in [0.717, 1.165) is 16.9 Å². The Kier molecular flexibility index (Phi) is 5.14. The third kappa shape index (κ3) is 3.76. The molecule has 1 aromatic heterocycles. The third-order valence-corrected chi connectivity index (χ3v) is 4.16. The summed E-state index contributed by atoms with van der Waals surface area (Å²) in [6.45, 7) is 2.51. The summed E-state index contributed by atoms with van der Waals surface area (Å²) in [5.74, 6) is 1.87. The zero-order chi connectivity index (χ0) is 16.8. The van der Waals surface area contributed by atoms with Gasteiger partial charge in [0.1, 0.15) is 5.75 Å². The van der Waals surface area contributed by atoms with Crippen LogP contribution in [-0.4, -0.2) is 16.8 Å². The van der Waals surface area contributed by atoms with Crippen LogP contribution < -0.4 is 4.74 Å². The molecule has 6 heteroatoms. The van der Waals surface area contributed by atoms with Gasteiger partial charge in [0.25, 0.3) is 11.1 Å². The topological polar surface area (TPSA) is 71.9 Å². The van der Waals surface area contributed by atoms with Crippen molar-refractivity contribution in [2.45, 2.75) is 17.9 Å². The first kappa shape index (κ1) is 16.1. The summed E-state index contributed by atoms with van der Waals surface area (Å²) in [6.07, 6.45) is 0. The van der Waals surface area contributed by atoms with Crippen LogP contribution in [0.1, 0.15) is 18.1 Å². The lowest BCUT2D eigenvalue weighted by Crippen LogP contribution is -1.93. The summed E-state index contributed by atoms with van der Waals surface area (Å²) < 4.78 is 11.3. The molecule has 0 aliphatic carbocycles. The van der Waals surface area contributed by atoms with Crippen molar-refractivity contribution in [3.63, 3.8) is 0 Å². The first-order valence-corrected chi connectivity index (χ1v) is 8.46. The number of nitrogens with zero attached hydrogens (tertiary/aromatic N) is 3. The Hall–Kier alpha value is -2.78. The van der Waals surface area contributed by atoms with E-state index < -0.39 is 0 Å². The first-order valence-electron chi connectivity index (χ1n) is 7.47. The number of nitriles is 1. The molecule has 120 valence electrons. The van der Waals surface area contributed by atoms with Crippen LogP contribution in [-0.2, 0) is 5.75 Å². The number of thioether (sulfide) groups is 1. The van der Waals surface area contributed by atoms with E-state index in [1.165, 1.54) is 11.8 Å². The average Bonchev–Trinajstić information content (AvgIpc) is 3.10. The molecule has 0 aliphatic rings. The molecule has 0 unspecified atom stereocenters. The van der Waals surface area contributed by atoms with Gasteiger partial charge in [-0.2, -0.15) is 5.26 Å². The molecule has 0 N–H and O–H groups in total. The minimum Gasteiger partial charge on any atom is -0.493 e. The van der Waals surface area contributed by atoms with Gasteiger partial charge in [0, 0.05) is 5.75 Å². The maximum Gasteiger partial charge on any atom is 0.277 e. The van der Waals surface area contributed by atoms with Crippen LogP contribution in [0.4, 0.5) is 0 Å². The lowest BCUT2D eigenvalue weighted by molar-refractivity contribution is 0.340. The maximum absolute atomic E-state index is 8.81. The number of para-hydroxylation sites is 1. The Morgan fingerprint density at radius 2 is 1.92 bits per heavy atom. The Bertz CT molecular complexity index is 853. The molecule has 0 bridgehead atoms. The normalized spacial score (nSPS) is 10.3. The summed E-state index contributed by atoms with van der Waals surface area (Å²) in [4.78, 5) is 0. The molecule has 0 atom stereocenters. The molecular formula is C18H15N3O2S. The van der Waals surface area contributed by atoms with E-state index in [1.54, 1.807) is 12.1 Å². The molecule has 5 nitrogen and oxygen atoms in total. The highest BCUT2D eigenvalue weighted by atomic mass is 32.2. The zero-order valence-corrected chi connectivity index (χ0v) is 13.9. The van der Waals surface area contributed by atoms with Gasteiger partial charge in [-0.05, 0) is 36.8 Å². The van der Waals surface area contributed by atoms with Crippen molar-refractivity contribution in [2.75, 3.05) is 6.61 Å². The van der Waals surface area contributed by atoms with Crippen LogP contribution in [0.5, 0.6) is 5.75 Å². The molecule has 0 saturated heterocycles. The van der Waals surface area contributed by atoms with Gasteiger partial charge >= 0.3 is 0 Å². The van der Waals surface area contributed by atoms with Gasteiger partial charge in [0.2, 0.25) is 0 Å². The second-order valence-corrected chi connectivity index (χ2v) is 5.83. The van der Waals surface area contributed by atoms with Gasteiger partial charge in [-0.3, -0.25) is 0 Å². The standard InChI is InChI=1S/C18H15N3O2S/c1-2-22-16-6-4-3-5-15(16)17-20-21-18(23-17)24-12-14-9-7-13(11-19)8-10-14/h3-10H,2,12H2,1H3. The number of hydrogen-bond acceptors (Lipinski definition) is 6. The molecule has 0 fully saturated rings. The quantitative estimate of drug-likeness (QED) is 0.625. The van der Waals surface area contributed by atoms with Crippen molar-refractivity contribution in [3.8, 4) is 23.3 Å². The second kappa shape index (κ2) is 7.66. The molecule has 3 aromatic rings. The van der Waals surface area contributed by atoms with Gasteiger partial charge < -0.3 is 9.15 Å². The molecule has 0 aliphatic heterocycles. The molecule has 24 heavy (non-hydrogen) atoms. The molecule has 0 spiro atoms. The molecule has 2 aromatic carbocycles. The average molecular weight is 337 g/mol. The summed E-state index contributed by atoms with van der Waals surface area (Å²) in [7, 11) is 0. The van der Waals surface area contributed by atoms with Crippen LogP contribution in [0.3, 0.4) is 0 Å². The lowest BCUT2D eigenvalue weighted by atomic mass is 10.2. The number of ether oxygens (including phenoxy) is 1. The van der Waals surface area contributed by atoms with Crippen LogP contribution in [0.25, 0.3) is 11.5 Å². The number of rotatable bonds is 6. The van der Waals surface area contributed by atoms with E-state index in [1.807, 2.05) is 43.3 Å². The second-order valence-electron chi connectivity index (χ2n) is 4.90. The Labute approximate surface area is 144 Å². The number of aromatic nitrogens is 2. The number of benzene rings is 2. The van der Waals surface area contributed by atoms with Gasteiger partial charge in [-0.25, -0.2) is 0 Å². The largest absolute Gasteiger partial charge is 0.493 e. The fraction of sp³-hybridized carbons (Fsp3) is 0.167. The van der Waals surface area contributed by atoms with Crippen LogP contribution in [0.15, 0.2) is 58.2 Å². The minimum absolute atomic E-state index is 0.446. The van der Waals surface area contributed by atoms with Crippen LogP contribution >= 0.6 is 11.8 Å². The van der Waals surface area contributed by atoms with Crippen molar-refractivity contribution < 1.29 is 9.15 Å². The fourth-order valence-corrected chi connectivity index (χ4v) is 2.84. The van der Waals surface area contributed by atoms with Crippen molar-refractivity contribution in [2.24, 2.45) is 0 Å². The molecule has 3 rings (SSSR count). The highest BCUT2D eigenvalue weighted by molar-refractivity contribution is 7.98. The molecule has 0 amide bonds. The van der Waals surface area contributed by atoms with Crippen molar-refractivity contribution >= 4 is 11.8 Å². The van der Waals surface area contributed by atoms with E-state index in [4.69, 9.17) is 14.4 Å². The lowest BCUT2D eigenvalue weighted by Gasteiger charge is -2.06. The van der Waals surface area contributed by atoms with Crippen molar-refractivity contribution in [3.05, 3.63) is 59.7 Å². The first-order chi connectivity index (χ1) is 11.8. The summed E-state index contributed by atoms with van der Waals surface area (Å²) in [6, 6.07) is 17.1. The summed E-state index contributed by atoms with van der Waals surface area (Å²) in [5.41, 5.74) is 2.53. The zero-order valence-electron chi connectivity index (χ0n) is 13.1. The summed E-state index contributed by atoms with van der Waals surface area (Å²) in [5, 5.41) is 17.5. The Balaban J connectivity index is 1.70. The SMILES string of the molecule is CCOc1ccccc1-c1nnc(SCc2ccc(C#N)cc2)o1. The number of hydrogen-bond donors (Lipinski definition) is 0. The third-order valence-electron chi connectivity index (χ3n) is 3.27. The van der Waals surface area contributed by atoms with E-state index in [0.29, 0.717) is 29.0 Å². The van der Waals surface area contributed by atoms with E-state index >= 15 is 0 Å². The van der Waals surface area contributed by atoms with Crippen LogP contribution in [0, 0.1) is 11.3 Å². The van der Waals surface area contributed by atoms with Gasteiger partial charge in [0.15, 0.2) is 0 Å². The van der Waals surface area contributed by atoms with E-state index in [2.05, 4.69) is 16.3 Å². The smallest absolute Gasteiger partial charge is 0.277 e. The predicted molar refractivity (Wildman–Crippen MR) is 91.6 cm³/mol. The molecular weight excluding hydrogens is 322 g/mol. The molecule has 1 heterocycles. The Morgan fingerprint density at radius 1 is 1.12 bits per heavy atom. The highest BCUT2D eigenvalue weighted by Gasteiger charge is 2.13. The summed E-state index contributed by atoms with van der Waals surface area (Å²) >= 11 is 1.46. The van der Waals surface area contributed by atoms with Gasteiger partial charge in [-0.15, -0.1) is 10.2 Å². The fourth-order valence-electron chi connectivity index (χ4n) is 2.12. The van der Waals surface area contributed by atoms with Crippen molar-refractivity contribution in [1.82, 2.24) is 10.2 Å². The van der Waals surface area contributed by atoms with E-state index in [-0.39, 0.29) is 0 Å². The van der Waals surface area contributed by atoms with Crippen molar-refractivity contribution in [1.29, 1.82) is 5.26 Å². The maximum atomic E-state index is 8.81. The molecule has 0 radical (unpaired) electrons. The minimum atomic E-state index is 0.446. The van der Waals surface area contributed by atoms with E-state index in [9.17, 15) is 0 Å². The Morgan fingerprint density at radius 3 is 2.67 bits per heavy atom.